The lowest BCUT2D eigenvalue weighted by Gasteiger charge is -2.10. The molecule has 0 aromatic carbocycles. The van der Waals surface area contributed by atoms with Gasteiger partial charge in [-0.15, -0.1) is 0 Å². The topological polar surface area (TPSA) is 64.9 Å². The Morgan fingerprint density at radius 3 is 2.62 bits per heavy atom. The molecule has 13 heavy (non-hydrogen) atoms. The van der Waals surface area contributed by atoms with Gasteiger partial charge in [0.2, 0.25) is 0 Å². The van der Waals surface area contributed by atoms with Gasteiger partial charge in [-0.2, -0.15) is 0 Å². The van der Waals surface area contributed by atoms with Crippen LogP contribution < -0.4 is 11.5 Å². The van der Waals surface area contributed by atoms with Crippen molar-refractivity contribution in [2.75, 3.05) is 5.73 Å². The van der Waals surface area contributed by atoms with Crippen LogP contribution in [0.5, 0.6) is 0 Å². The fourth-order valence-corrected chi connectivity index (χ4v) is 1.16. The number of anilines is 1. The quantitative estimate of drug-likeness (QED) is 0.734. The van der Waals surface area contributed by atoms with Gasteiger partial charge in [0.25, 0.3) is 6.43 Å². The van der Waals surface area contributed by atoms with Crippen molar-refractivity contribution in [3.8, 4) is 0 Å². The van der Waals surface area contributed by atoms with Gasteiger partial charge in [-0.3, -0.25) is 0 Å². The number of hydrogen-bond donors (Lipinski definition) is 2. The maximum absolute atomic E-state index is 12.4. The molecule has 1 aromatic rings. The standard InChI is InChI=1S/C8H11F2N3/c1-4-5(2-11)3-13-8(12)6(4)7(9)10/h3,7H,2,11H2,1H3,(H2,12,13). The van der Waals surface area contributed by atoms with Crippen molar-refractivity contribution in [3.63, 3.8) is 0 Å². The van der Waals surface area contributed by atoms with E-state index in [0.717, 1.165) is 0 Å². The molecule has 0 amide bonds. The summed E-state index contributed by atoms with van der Waals surface area (Å²) in [6.45, 7) is 1.76. The molecule has 1 heterocycles. The lowest BCUT2D eigenvalue weighted by Crippen LogP contribution is -2.07. The summed E-state index contributed by atoms with van der Waals surface area (Å²) < 4.78 is 24.9. The molecule has 0 radical (unpaired) electrons. The smallest absolute Gasteiger partial charge is 0.267 e. The van der Waals surface area contributed by atoms with Crippen molar-refractivity contribution in [2.45, 2.75) is 19.9 Å². The fraction of sp³-hybridized carbons (Fsp3) is 0.375. The van der Waals surface area contributed by atoms with Gasteiger partial charge in [-0.05, 0) is 18.1 Å². The molecule has 0 atom stereocenters. The predicted octanol–water partition coefficient (Wildman–Crippen LogP) is 1.37. The average molecular weight is 187 g/mol. The zero-order valence-electron chi connectivity index (χ0n) is 7.22. The molecule has 5 heteroatoms. The molecule has 4 N–H and O–H groups in total. The second-order valence-electron chi connectivity index (χ2n) is 2.71. The summed E-state index contributed by atoms with van der Waals surface area (Å²) in [6, 6.07) is 0. The minimum absolute atomic E-state index is 0.121. The van der Waals surface area contributed by atoms with E-state index in [1.165, 1.54) is 6.20 Å². The normalized spacial score (nSPS) is 10.8. The number of alkyl halides is 2. The lowest BCUT2D eigenvalue weighted by atomic mass is 10.1. The van der Waals surface area contributed by atoms with E-state index in [1.54, 1.807) is 6.92 Å². The Morgan fingerprint density at radius 1 is 1.54 bits per heavy atom. The van der Waals surface area contributed by atoms with Crippen LogP contribution in [0.3, 0.4) is 0 Å². The van der Waals surface area contributed by atoms with Gasteiger partial charge < -0.3 is 11.5 Å². The summed E-state index contributed by atoms with van der Waals surface area (Å²) in [5.41, 5.74) is 11.5. The molecule has 0 fully saturated rings. The van der Waals surface area contributed by atoms with E-state index in [1.807, 2.05) is 0 Å². The molecule has 0 spiro atoms. The first-order valence-corrected chi connectivity index (χ1v) is 3.80. The van der Waals surface area contributed by atoms with E-state index in [0.29, 0.717) is 11.1 Å². The summed E-state index contributed by atoms with van der Waals surface area (Å²) in [7, 11) is 0. The van der Waals surface area contributed by atoms with Crippen molar-refractivity contribution >= 4 is 5.82 Å². The Bertz CT molecular complexity index is 313. The van der Waals surface area contributed by atoms with Gasteiger partial charge in [-0.1, -0.05) is 0 Å². The summed E-state index contributed by atoms with van der Waals surface area (Å²) in [4.78, 5) is 3.65. The van der Waals surface area contributed by atoms with E-state index in [2.05, 4.69) is 4.98 Å². The second kappa shape index (κ2) is 3.66. The van der Waals surface area contributed by atoms with E-state index in [9.17, 15) is 8.78 Å². The van der Waals surface area contributed by atoms with Crippen LogP contribution in [0.4, 0.5) is 14.6 Å². The summed E-state index contributed by atoms with van der Waals surface area (Å²) >= 11 is 0. The van der Waals surface area contributed by atoms with Gasteiger partial charge in [0.15, 0.2) is 0 Å². The summed E-state index contributed by atoms with van der Waals surface area (Å²) in [6.07, 6.45) is -1.17. The average Bonchev–Trinajstić information content (AvgIpc) is 2.04. The van der Waals surface area contributed by atoms with Crippen LogP contribution >= 0.6 is 0 Å². The first-order valence-electron chi connectivity index (χ1n) is 3.80. The Balaban J connectivity index is 3.30. The van der Waals surface area contributed by atoms with Gasteiger partial charge >= 0.3 is 0 Å². The first kappa shape index (κ1) is 9.85. The third kappa shape index (κ3) is 1.75. The van der Waals surface area contributed by atoms with E-state index < -0.39 is 6.43 Å². The van der Waals surface area contributed by atoms with Gasteiger partial charge in [0, 0.05) is 12.7 Å². The number of halogens is 2. The Labute approximate surface area is 74.8 Å². The molecular weight excluding hydrogens is 176 g/mol. The van der Waals surface area contributed by atoms with Crippen LogP contribution in [0.15, 0.2) is 6.20 Å². The molecule has 1 aromatic heterocycles. The van der Waals surface area contributed by atoms with Crippen LogP contribution in [0.2, 0.25) is 0 Å². The predicted molar refractivity (Wildman–Crippen MR) is 46.2 cm³/mol. The second-order valence-corrected chi connectivity index (χ2v) is 2.71. The molecule has 0 unspecified atom stereocenters. The monoisotopic (exact) mass is 187 g/mol. The molecule has 0 aliphatic carbocycles. The molecule has 3 nitrogen and oxygen atoms in total. The molecule has 72 valence electrons. The van der Waals surface area contributed by atoms with Gasteiger partial charge in [0.05, 0.1) is 5.56 Å². The highest BCUT2D eigenvalue weighted by Crippen LogP contribution is 2.28. The Hall–Kier alpha value is -1.23. The van der Waals surface area contributed by atoms with Crippen molar-refractivity contribution < 1.29 is 8.78 Å². The highest BCUT2D eigenvalue weighted by molar-refractivity contribution is 5.47. The van der Waals surface area contributed by atoms with E-state index >= 15 is 0 Å². The molecule has 0 bridgehead atoms. The largest absolute Gasteiger partial charge is 0.383 e. The minimum atomic E-state index is -2.60. The number of nitrogen functional groups attached to an aromatic ring is 1. The number of aromatic nitrogens is 1. The fourth-order valence-electron chi connectivity index (χ4n) is 1.16. The number of nitrogens with zero attached hydrogens (tertiary/aromatic N) is 1. The highest BCUT2D eigenvalue weighted by Gasteiger charge is 2.17. The van der Waals surface area contributed by atoms with E-state index in [-0.39, 0.29) is 17.9 Å². The first-order chi connectivity index (χ1) is 6.07. The lowest BCUT2D eigenvalue weighted by molar-refractivity contribution is 0.151. The number of pyridine rings is 1. The van der Waals surface area contributed by atoms with Crippen molar-refractivity contribution in [2.24, 2.45) is 5.73 Å². The number of nitrogens with two attached hydrogens (primary N) is 2. The number of rotatable bonds is 2. The third-order valence-electron chi connectivity index (χ3n) is 1.96. The summed E-state index contributed by atoms with van der Waals surface area (Å²) in [5.74, 6) is -0.121. The molecule has 0 aliphatic rings. The SMILES string of the molecule is Cc1c(CN)cnc(N)c1C(F)F. The minimum Gasteiger partial charge on any atom is -0.383 e. The zero-order chi connectivity index (χ0) is 10.0. The van der Waals surface area contributed by atoms with Gasteiger partial charge in [-0.25, -0.2) is 13.8 Å². The summed E-state index contributed by atoms with van der Waals surface area (Å²) in [5, 5.41) is 0. The molecular formula is C8H11F2N3. The van der Waals surface area contributed by atoms with Crippen LogP contribution in [0, 0.1) is 6.92 Å². The zero-order valence-corrected chi connectivity index (χ0v) is 7.22. The van der Waals surface area contributed by atoms with Crippen molar-refractivity contribution in [1.29, 1.82) is 0 Å². The highest BCUT2D eigenvalue weighted by atomic mass is 19.3. The van der Waals surface area contributed by atoms with Crippen LogP contribution in [-0.2, 0) is 6.54 Å². The van der Waals surface area contributed by atoms with Crippen molar-refractivity contribution in [1.82, 2.24) is 4.98 Å². The van der Waals surface area contributed by atoms with Gasteiger partial charge in [0.1, 0.15) is 5.82 Å². The molecule has 0 saturated heterocycles. The van der Waals surface area contributed by atoms with E-state index in [4.69, 9.17) is 11.5 Å². The third-order valence-corrected chi connectivity index (χ3v) is 1.96. The maximum Gasteiger partial charge on any atom is 0.267 e. The van der Waals surface area contributed by atoms with Crippen LogP contribution in [0.1, 0.15) is 23.1 Å². The van der Waals surface area contributed by atoms with Crippen LogP contribution in [-0.4, -0.2) is 4.98 Å². The Kier molecular flexibility index (Phi) is 2.77. The maximum atomic E-state index is 12.4. The molecule has 0 aliphatic heterocycles. The van der Waals surface area contributed by atoms with Crippen molar-refractivity contribution in [3.05, 3.63) is 22.9 Å². The molecule has 0 saturated carbocycles. The molecule has 1 rings (SSSR count). The van der Waals surface area contributed by atoms with Crippen LogP contribution in [0.25, 0.3) is 0 Å². The Morgan fingerprint density at radius 2 is 2.15 bits per heavy atom. The number of hydrogen-bond acceptors (Lipinski definition) is 3.